The molecule has 0 N–H and O–H groups in total. The molecule has 2 aliphatic heterocycles. The first-order valence-electron chi connectivity index (χ1n) is 14.8. The Balaban J connectivity index is 1.62. The molecule has 40 heavy (non-hydrogen) atoms. The maximum atomic E-state index is 15.7. The Morgan fingerprint density at radius 3 is 2.27 bits per heavy atom. The first-order valence-corrected chi connectivity index (χ1v) is 14.8. The number of likely N-dealkylation sites (N-methyl/N-ethyl adjacent to an activating group) is 1. The zero-order chi connectivity index (χ0) is 28.2. The number of halogens is 2. The minimum absolute atomic E-state index is 0.0860. The van der Waals surface area contributed by atoms with Crippen molar-refractivity contribution >= 4 is 5.84 Å². The molecule has 0 aliphatic carbocycles. The van der Waals surface area contributed by atoms with Crippen molar-refractivity contribution in [2.75, 3.05) is 26.7 Å². The number of methoxy groups -OCH3 is 1. The molecular formula is C34H41F2N3O. The van der Waals surface area contributed by atoms with Crippen molar-refractivity contribution in [3.63, 3.8) is 0 Å². The molecule has 3 aromatic carbocycles. The molecule has 3 atom stereocenters. The molecule has 0 bridgehead atoms. The van der Waals surface area contributed by atoms with Gasteiger partial charge in [0.15, 0.2) is 11.6 Å². The number of nitrogens with zero attached hydrogens (tertiary/aromatic N) is 3. The van der Waals surface area contributed by atoms with Crippen LogP contribution in [-0.2, 0) is 12.8 Å². The van der Waals surface area contributed by atoms with Crippen molar-refractivity contribution < 1.29 is 13.5 Å². The predicted molar refractivity (Wildman–Crippen MR) is 158 cm³/mol. The van der Waals surface area contributed by atoms with Crippen LogP contribution in [-0.4, -0.2) is 48.4 Å². The largest absolute Gasteiger partial charge is 0.494 e. The van der Waals surface area contributed by atoms with Crippen LogP contribution < -0.4 is 4.74 Å². The summed E-state index contributed by atoms with van der Waals surface area (Å²) in [5.41, 5.74) is 5.22. The van der Waals surface area contributed by atoms with Gasteiger partial charge in [-0.05, 0) is 61.9 Å². The lowest BCUT2D eigenvalue weighted by molar-refractivity contribution is 0.110. The van der Waals surface area contributed by atoms with Gasteiger partial charge in [-0.1, -0.05) is 68.8 Å². The van der Waals surface area contributed by atoms with Gasteiger partial charge >= 0.3 is 0 Å². The maximum Gasteiger partial charge on any atom is 0.165 e. The summed E-state index contributed by atoms with van der Waals surface area (Å²) in [5.74, 6) is -0.229. The van der Waals surface area contributed by atoms with Crippen LogP contribution in [0.25, 0.3) is 0 Å². The Kier molecular flexibility index (Phi) is 8.84. The lowest BCUT2D eigenvalue weighted by Crippen LogP contribution is -2.48. The fraction of sp³-hybridized carbons (Fsp3) is 0.441. The highest BCUT2D eigenvalue weighted by Gasteiger charge is 2.41. The van der Waals surface area contributed by atoms with Gasteiger partial charge in [0.25, 0.3) is 0 Å². The van der Waals surface area contributed by atoms with Gasteiger partial charge in [0.2, 0.25) is 0 Å². The Morgan fingerprint density at radius 2 is 1.62 bits per heavy atom. The first kappa shape index (κ1) is 28.3. The first-order chi connectivity index (χ1) is 19.5. The second-order valence-corrected chi connectivity index (χ2v) is 10.8. The summed E-state index contributed by atoms with van der Waals surface area (Å²) < 4.78 is 35.8. The van der Waals surface area contributed by atoms with E-state index in [2.05, 4.69) is 79.1 Å². The van der Waals surface area contributed by atoms with Gasteiger partial charge in [0.1, 0.15) is 17.7 Å². The van der Waals surface area contributed by atoms with Crippen molar-refractivity contribution in [3.8, 4) is 5.75 Å². The van der Waals surface area contributed by atoms with Gasteiger partial charge in [0.05, 0.1) is 13.2 Å². The van der Waals surface area contributed by atoms with Crippen molar-refractivity contribution in [2.45, 2.75) is 71.0 Å². The standard InChI is InChI=1S/C34H41F2N3O/c1-5-23-16-13-17-24(6-2)32(23)34-37-33(26-20-28(36)31(40-4)21-27(26)35)30(39(34)7-3)22-38-19-12-11-18-29(38)25-14-9-8-10-15-25/h8-10,13-17,20-21,29-30,33H,5-7,11-12,18-19,22H2,1-4H3. The van der Waals surface area contributed by atoms with Gasteiger partial charge in [0, 0.05) is 36.3 Å². The molecule has 212 valence electrons. The molecule has 2 aliphatic rings. The summed E-state index contributed by atoms with van der Waals surface area (Å²) in [5, 5.41) is 0. The smallest absolute Gasteiger partial charge is 0.165 e. The molecule has 0 spiro atoms. The number of likely N-dealkylation sites (tertiary alicyclic amines) is 1. The van der Waals surface area contributed by atoms with Crippen LogP contribution in [0, 0.1) is 11.6 Å². The van der Waals surface area contributed by atoms with Crippen LogP contribution in [0.15, 0.2) is 65.7 Å². The summed E-state index contributed by atoms with van der Waals surface area (Å²) in [6, 6.07) is 19.2. The zero-order valence-electron chi connectivity index (χ0n) is 24.2. The minimum atomic E-state index is -0.562. The molecule has 3 unspecified atom stereocenters. The van der Waals surface area contributed by atoms with Crippen molar-refractivity contribution in [1.29, 1.82) is 0 Å². The SMILES string of the molecule is CCc1cccc(CC)c1C1=NC(c2cc(F)c(OC)cc2F)C(CN2CCCCC2c2ccccc2)N1CC. The highest BCUT2D eigenvalue weighted by molar-refractivity contribution is 6.03. The number of ether oxygens (including phenoxy) is 1. The molecule has 0 saturated carbocycles. The average molecular weight is 546 g/mol. The van der Waals surface area contributed by atoms with Crippen molar-refractivity contribution in [2.24, 2.45) is 4.99 Å². The van der Waals surface area contributed by atoms with Crippen LogP contribution in [0.2, 0.25) is 0 Å². The number of benzene rings is 3. The van der Waals surface area contributed by atoms with E-state index in [0.717, 1.165) is 56.2 Å². The van der Waals surface area contributed by atoms with Gasteiger partial charge in [-0.25, -0.2) is 8.78 Å². The molecular weight excluding hydrogens is 504 g/mol. The van der Waals surface area contributed by atoms with Gasteiger partial charge in [-0.15, -0.1) is 0 Å². The second kappa shape index (κ2) is 12.5. The lowest BCUT2D eigenvalue weighted by Gasteiger charge is -2.41. The number of aliphatic imine (C=N–C) groups is 1. The van der Waals surface area contributed by atoms with Crippen molar-refractivity contribution in [1.82, 2.24) is 9.80 Å². The van der Waals surface area contributed by atoms with E-state index in [0.29, 0.717) is 12.6 Å². The van der Waals surface area contributed by atoms with Gasteiger partial charge in [-0.3, -0.25) is 9.89 Å². The summed E-state index contributed by atoms with van der Waals surface area (Å²) >= 11 is 0. The third kappa shape index (κ3) is 5.38. The molecule has 1 fully saturated rings. The van der Waals surface area contributed by atoms with Crippen LogP contribution >= 0.6 is 0 Å². The van der Waals surface area contributed by atoms with Gasteiger partial charge < -0.3 is 9.64 Å². The quantitative estimate of drug-likeness (QED) is 0.278. The van der Waals surface area contributed by atoms with Crippen LogP contribution in [0.3, 0.4) is 0 Å². The topological polar surface area (TPSA) is 28.1 Å². The molecule has 3 aromatic rings. The number of piperidine rings is 1. The zero-order valence-corrected chi connectivity index (χ0v) is 24.2. The van der Waals surface area contributed by atoms with Crippen LogP contribution in [0.4, 0.5) is 8.78 Å². The number of amidine groups is 1. The highest BCUT2D eigenvalue weighted by Crippen LogP contribution is 2.40. The van der Waals surface area contributed by atoms with E-state index in [1.54, 1.807) is 0 Å². The summed E-state index contributed by atoms with van der Waals surface area (Å²) in [7, 11) is 1.36. The summed E-state index contributed by atoms with van der Waals surface area (Å²) in [6.45, 7) is 8.88. The molecule has 0 radical (unpaired) electrons. The number of rotatable bonds is 9. The molecule has 6 heteroatoms. The number of hydrogen-bond acceptors (Lipinski definition) is 4. The maximum absolute atomic E-state index is 15.7. The average Bonchev–Trinajstić information content (AvgIpc) is 3.35. The third-order valence-corrected chi connectivity index (χ3v) is 8.67. The molecule has 4 nitrogen and oxygen atoms in total. The molecule has 0 amide bonds. The Bertz CT molecular complexity index is 1320. The molecule has 0 aromatic heterocycles. The van der Waals surface area contributed by atoms with E-state index in [9.17, 15) is 0 Å². The van der Waals surface area contributed by atoms with Crippen LogP contribution in [0.1, 0.15) is 79.9 Å². The van der Waals surface area contributed by atoms with Crippen LogP contribution in [0.5, 0.6) is 5.75 Å². The second-order valence-electron chi connectivity index (χ2n) is 10.8. The third-order valence-electron chi connectivity index (χ3n) is 8.67. The van der Waals surface area contributed by atoms with E-state index in [4.69, 9.17) is 9.73 Å². The molecule has 1 saturated heterocycles. The van der Waals surface area contributed by atoms with E-state index in [1.165, 1.54) is 36.3 Å². The van der Waals surface area contributed by atoms with E-state index in [-0.39, 0.29) is 17.4 Å². The van der Waals surface area contributed by atoms with E-state index >= 15 is 8.78 Å². The monoisotopic (exact) mass is 545 g/mol. The summed E-state index contributed by atoms with van der Waals surface area (Å²) in [6.07, 6.45) is 5.16. The fourth-order valence-corrected chi connectivity index (χ4v) is 6.65. The fourth-order valence-electron chi connectivity index (χ4n) is 6.65. The molecule has 5 rings (SSSR count). The Hall–Kier alpha value is -3.25. The number of aryl methyl sites for hydroxylation is 2. The predicted octanol–water partition coefficient (Wildman–Crippen LogP) is 7.52. The Labute approximate surface area is 237 Å². The Morgan fingerprint density at radius 1 is 0.900 bits per heavy atom. The van der Waals surface area contributed by atoms with Gasteiger partial charge in [-0.2, -0.15) is 0 Å². The normalized spacial score (nSPS) is 21.5. The molecule has 2 heterocycles. The number of hydrogen-bond donors (Lipinski definition) is 0. The highest BCUT2D eigenvalue weighted by atomic mass is 19.1. The summed E-state index contributed by atoms with van der Waals surface area (Å²) in [4.78, 5) is 10.2. The lowest BCUT2D eigenvalue weighted by atomic mass is 9.92. The van der Waals surface area contributed by atoms with Crippen molar-refractivity contribution in [3.05, 3.63) is 100 Å². The van der Waals surface area contributed by atoms with E-state index in [1.807, 2.05) is 0 Å². The van der Waals surface area contributed by atoms with E-state index < -0.39 is 17.7 Å². The minimum Gasteiger partial charge on any atom is -0.494 e.